The molecule has 31 heavy (non-hydrogen) atoms. The number of aromatic nitrogens is 1. The molecular formula is C23H25N3O4S. The van der Waals surface area contributed by atoms with Crippen molar-refractivity contribution in [3.8, 4) is 5.75 Å². The van der Waals surface area contributed by atoms with Gasteiger partial charge in [0.1, 0.15) is 17.4 Å². The lowest BCUT2D eigenvalue weighted by Crippen LogP contribution is -2.34. The Morgan fingerprint density at radius 3 is 2.84 bits per heavy atom. The van der Waals surface area contributed by atoms with E-state index in [0.717, 1.165) is 22.9 Å². The van der Waals surface area contributed by atoms with Crippen molar-refractivity contribution in [2.75, 3.05) is 19.6 Å². The molecule has 0 spiro atoms. The van der Waals surface area contributed by atoms with Crippen molar-refractivity contribution >= 4 is 26.8 Å². The molecule has 0 aliphatic carbocycles. The van der Waals surface area contributed by atoms with E-state index >= 15 is 0 Å². The molecule has 1 aliphatic rings. The zero-order valence-electron chi connectivity index (χ0n) is 17.3. The molecular weight excluding hydrogens is 414 g/mol. The van der Waals surface area contributed by atoms with Crippen LogP contribution in [0.5, 0.6) is 5.75 Å². The van der Waals surface area contributed by atoms with E-state index in [-0.39, 0.29) is 29.9 Å². The van der Waals surface area contributed by atoms with Gasteiger partial charge in [0.05, 0.1) is 11.4 Å². The van der Waals surface area contributed by atoms with Crippen LogP contribution in [0.2, 0.25) is 0 Å². The normalized spacial score (nSPS) is 16.5. The summed E-state index contributed by atoms with van der Waals surface area (Å²) in [4.78, 5) is 18.9. The summed E-state index contributed by atoms with van der Waals surface area (Å²) in [6.07, 6.45) is 2.45. The lowest BCUT2D eigenvalue weighted by atomic mass is 10.2. The van der Waals surface area contributed by atoms with Gasteiger partial charge < -0.3 is 9.64 Å². The zero-order chi connectivity index (χ0) is 21.8. The molecule has 1 atom stereocenters. The first-order valence-electron chi connectivity index (χ1n) is 10.3. The van der Waals surface area contributed by atoms with E-state index < -0.39 is 10.0 Å². The summed E-state index contributed by atoms with van der Waals surface area (Å²) in [5.41, 5.74) is 1.67. The second-order valence-corrected chi connectivity index (χ2v) is 9.43. The largest absolute Gasteiger partial charge is 0.486 e. The van der Waals surface area contributed by atoms with E-state index in [1.165, 1.54) is 0 Å². The summed E-state index contributed by atoms with van der Waals surface area (Å²) in [5, 5.41) is 1.01. The van der Waals surface area contributed by atoms with Gasteiger partial charge in [0.25, 0.3) is 0 Å². The number of nitrogens with zero attached hydrogens (tertiary/aromatic N) is 2. The Morgan fingerprint density at radius 2 is 2.00 bits per heavy atom. The van der Waals surface area contributed by atoms with E-state index in [9.17, 15) is 13.2 Å². The molecule has 1 saturated heterocycles. The van der Waals surface area contributed by atoms with Gasteiger partial charge in [-0.3, -0.25) is 9.78 Å². The number of amides is 1. The minimum Gasteiger partial charge on any atom is -0.486 e. The number of sulfonamides is 1. The molecule has 1 fully saturated rings. The number of rotatable bonds is 7. The number of aryl methyl sites for hydroxylation is 1. The monoisotopic (exact) mass is 439 g/mol. The van der Waals surface area contributed by atoms with Crippen LogP contribution in [0.1, 0.15) is 18.4 Å². The zero-order valence-corrected chi connectivity index (χ0v) is 18.1. The van der Waals surface area contributed by atoms with Crippen LogP contribution in [0.3, 0.4) is 0 Å². The average Bonchev–Trinajstić information content (AvgIpc) is 3.22. The maximum absolute atomic E-state index is 12.6. The van der Waals surface area contributed by atoms with Crippen molar-refractivity contribution in [2.24, 2.45) is 0 Å². The highest BCUT2D eigenvalue weighted by molar-refractivity contribution is 7.89. The summed E-state index contributed by atoms with van der Waals surface area (Å²) >= 11 is 0. The first-order valence-corrected chi connectivity index (χ1v) is 11.8. The Labute approximate surface area is 182 Å². The fraction of sp³-hybridized carbons (Fsp3) is 0.304. The van der Waals surface area contributed by atoms with Crippen molar-refractivity contribution < 1.29 is 17.9 Å². The molecule has 0 saturated carbocycles. The lowest BCUT2D eigenvalue weighted by molar-refractivity contribution is -0.130. The van der Waals surface area contributed by atoms with Crippen LogP contribution in [-0.2, 0) is 14.8 Å². The maximum atomic E-state index is 12.6. The number of ether oxygens (including phenoxy) is 1. The molecule has 0 bridgehead atoms. The summed E-state index contributed by atoms with van der Waals surface area (Å²) in [6.45, 7) is 2.96. The van der Waals surface area contributed by atoms with Gasteiger partial charge in [0.2, 0.25) is 15.9 Å². The number of fused-ring (bicyclic) bond motifs is 1. The molecule has 7 nitrogen and oxygen atoms in total. The number of benzene rings is 2. The average molecular weight is 440 g/mol. The van der Waals surface area contributed by atoms with Crippen molar-refractivity contribution in [3.63, 3.8) is 0 Å². The third-order valence-corrected chi connectivity index (χ3v) is 6.78. The van der Waals surface area contributed by atoms with Crippen LogP contribution in [-0.4, -0.2) is 49.9 Å². The molecule has 4 rings (SSSR count). The van der Waals surface area contributed by atoms with Crippen LogP contribution < -0.4 is 9.46 Å². The molecule has 0 radical (unpaired) electrons. The molecule has 2 heterocycles. The second kappa shape index (κ2) is 9.03. The minimum atomic E-state index is -3.63. The Kier molecular flexibility index (Phi) is 6.20. The molecule has 3 aromatic rings. The quantitative estimate of drug-likeness (QED) is 0.612. The van der Waals surface area contributed by atoms with E-state index in [2.05, 4.69) is 9.71 Å². The predicted octanol–water partition coefficient (Wildman–Crippen LogP) is 2.89. The van der Waals surface area contributed by atoms with E-state index in [4.69, 9.17) is 4.74 Å². The highest BCUT2D eigenvalue weighted by Crippen LogP contribution is 2.26. The van der Waals surface area contributed by atoms with Gasteiger partial charge in [-0.25, -0.2) is 13.1 Å². The lowest BCUT2D eigenvalue weighted by Gasteiger charge is -2.18. The SMILES string of the molecule is Cc1cccc(S(=O)(=O)NCCC(=O)N2CC[C@@H](Oc3cccc4cccnc34)C2)c1. The first kappa shape index (κ1) is 21.3. The third kappa shape index (κ3) is 5.03. The third-order valence-electron chi connectivity index (χ3n) is 5.32. The number of para-hydroxylation sites is 1. The van der Waals surface area contributed by atoms with Gasteiger partial charge in [-0.1, -0.05) is 30.3 Å². The molecule has 1 N–H and O–H groups in total. The minimum absolute atomic E-state index is 0.0599. The maximum Gasteiger partial charge on any atom is 0.240 e. The van der Waals surface area contributed by atoms with Gasteiger partial charge in [-0.2, -0.15) is 0 Å². The highest BCUT2D eigenvalue weighted by Gasteiger charge is 2.28. The van der Waals surface area contributed by atoms with E-state index in [1.54, 1.807) is 29.3 Å². The fourth-order valence-electron chi connectivity index (χ4n) is 3.72. The Bertz CT molecular complexity index is 1190. The van der Waals surface area contributed by atoms with Gasteiger partial charge in [-0.15, -0.1) is 0 Å². The summed E-state index contributed by atoms with van der Waals surface area (Å²) in [5.74, 6) is 0.623. The molecule has 0 unspecified atom stereocenters. The standard InChI is InChI=1S/C23H25N3O4S/c1-17-5-2-8-20(15-17)31(28,29)25-13-10-22(27)26-14-11-19(16-26)30-21-9-3-6-18-7-4-12-24-23(18)21/h2-9,12,15,19,25H,10-11,13-14,16H2,1H3/t19-/m1/s1. The number of pyridine rings is 1. The number of nitrogens with one attached hydrogen (secondary N) is 1. The van der Waals surface area contributed by atoms with Crippen molar-refractivity contribution in [1.82, 2.24) is 14.6 Å². The van der Waals surface area contributed by atoms with Gasteiger partial charge in [0.15, 0.2) is 0 Å². The van der Waals surface area contributed by atoms with E-state index in [1.807, 2.05) is 43.3 Å². The Hall–Kier alpha value is -2.97. The Balaban J connectivity index is 1.30. The molecule has 1 aliphatic heterocycles. The van der Waals surface area contributed by atoms with Crippen LogP contribution >= 0.6 is 0 Å². The summed E-state index contributed by atoms with van der Waals surface area (Å²) < 4.78 is 33.4. The second-order valence-electron chi connectivity index (χ2n) is 7.66. The molecule has 1 aromatic heterocycles. The molecule has 162 valence electrons. The van der Waals surface area contributed by atoms with Crippen molar-refractivity contribution in [1.29, 1.82) is 0 Å². The van der Waals surface area contributed by atoms with Crippen LogP contribution in [0.4, 0.5) is 0 Å². The first-order chi connectivity index (χ1) is 14.9. The van der Waals surface area contributed by atoms with Crippen molar-refractivity contribution in [2.45, 2.75) is 30.8 Å². The van der Waals surface area contributed by atoms with Gasteiger partial charge >= 0.3 is 0 Å². The number of hydrogen-bond acceptors (Lipinski definition) is 5. The molecule has 1 amide bonds. The van der Waals surface area contributed by atoms with Gasteiger partial charge in [-0.05, 0) is 36.8 Å². The van der Waals surface area contributed by atoms with Crippen molar-refractivity contribution in [3.05, 3.63) is 66.4 Å². The molecule has 8 heteroatoms. The van der Waals surface area contributed by atoms with Crippen LogP contribution in [0.25, 0.3) is 10.9 Å². The molecule has 2 aromatic carbocycles. The topological polar surface area (TPSA) is 88.6 Å². The number of carbonyl (C=O) groups excluding carboxylic acids is 1. The van der Waals surface area contributed by atoms with Crippen LogP contribution in [0.15, 0.2) is 65.7 Å². The summed E-state index contributed by atoms with van der Waals surface area (Å²) in [7, 11) is -3.63. The Morgan fingerprint density at radius 1 is 1.19 bits per heavy atom. The highest BCUT2D eigenvalue weighted by atomic mass is 32.2. The smallest absolute Gasteiger partial charge is 0.240 e. The predicted molar refractivity (Wildman–Crippen MR) is 118 cm³/mol. The number of hydrogen-bond donors (Lipinski definition) is 1. The number of carbonyl (C=O) groups is 1. The van der Waals surface area contributed by atoms with Gasteiger partial charge in [0, 0.05) is 37.5 Å². The number of likely N-dealkylation sites (tertiary alicyclic amines) is 1. The van der Waals surface area contributed by atoms with E-state index in [0.29, 0.717) is 18.8 Å². The van der Waals surface area contributed by atoms with Crippen LogP contribution in [0, 0.1) is 6.92 Å². The fourth-order valence-corrected chi connectivity index (χ4v) is 4.85. The summed E-state index contributed by atoms with van der Waals surface area (Å²) in [6, 6.07) is 16.4.